The van der Waals surface area contributed by atoms with Gasteiger partial charge in [-0.1, -0.05) is 0 Å². The van der Waals surface area contributed by atoms with Crippen LogP contribution in [0.25, 0.3) is 6.08 Å². The molecule has 2 aliphatic rings. The molecule has 0 N–H and O–H groups in total. The minimum atomic E-state index is -0.464. The Labute approximate surface area is 109 Å². The molecule has 0 saturated heterocycles. The Balaban J connectivity index is 2.22. The van der Waals surface area contributed by atoms with Crippen LogP contribution in [0.3, 0.4) is 0 Å². The SMILES string of the molecule is COc1c2c(c(/C=C/[N+](=O)[O-])c3c1OCC3)CCO2. The third-order valence-electron chi connectivity index (χ3n) is 3.37. The van der Waals surface area contributed by atoms with Crippen LogP contribution < -0.4 is 14.2 Å². The first-order chi connectivity index (χ1) is 9.22. The Morgan fingerprint density at radius 2 is 1.79 bits per heavy atom. The molecule has 19 heavy (non-hydrogen) atoms. The third kappa shape index (κ3) is 1.80. The number of ether oxygens (including phenoxy) is 3. The van der Waals surface area contributed by atoms with Crippen LogP contribution in [0.2, 0.25) is 0 Å². The molecule has 6 nitrogen and oxygen atoms in total. The summed E-state index contributed by atoms with van der Waals surface area (Å²) in [5.74, 6) is 1.93. The van der Waals surface area contributed by atoms with E-state index in [1.54, 1.807) is 7.11 Å². The lowest BCUT2D eigenvalue weighted by molar-refractivity contribution is -0.400. The van der Waals surface area contributed by atoms with Crippen molar-refractivity contribution in [2.24, 2.45) is 0 Å². The van der Waals surface area contributed by atoms with Gasteiger partial charge in [0.15, 0.2) is 11.5 Å². The molecule has 0 saturated carbocycles. The van der Waals surface area contributed by atoms with E-state index in [1.165, 1.54) is 6.08 Å². The lowest BCUT2D eigenvalue weighted by atomic mass is 9.96. The van der Waals surface area contributed by atoms with Crippen LogP contribution in [0, 0.1) is 10.1 Å². The van der Waals surface area contributed by atoms with Gasteiger partial charge in [0.05, 0.1) is 25.2 Å². The van der Waals surface area contributed by atoms with Gasteiger partial charge in [-0.15, -0.1) is 0 Å². The van der Waals surface area contributed by atoms with Crippen LogP contribution in [0.4, 0.5) is 0 Å². The largest absolute Gasteiger partial charge is 0.490 e. The van der Waals surface area contributed by atoms with Crippen LogP contribution in [-0.4, -0.2) is 25.2 Å². The van der Waals surface area contributed by atoms with Gasteiger partial charge in [0.25, 0.3) is 0 Å². The van der Waals surface area contributed by atoms with E-state index >= 15 is 0 Å². The molecule has 0 unspecified atom stereocenters. The number of rotatable bonds is 3. The standard InChI is InChI=1S/C13H13NO5/c1-17-13-11-9(3-6-18-11)8(2-5-14(15)16)10-4-7-19-12(10)13/h2,5H,3-4,6-7H2,1H3/b5-2+. The summed E-state index contributed by atoms with van der Waals surface area (Å²) in [6, 6.07) is 0. The number of hydrogen-bond acceptors (Lipinski definition) is 5. The Kier molecular flexibility index (Phi) is 2.77. The Morgan fingerprint density at radius 1 is 1.21 bits per heavy atom. The molecule has 100 valence electrons. The fourth-order valence-corrected chi connectivity index (χ4v) is 2.64. The Hall–Kier alpha value is -2.24. The monoisotopic (exact) mass is 263 g/mol. The van der Waals surface area contributed by atoms with Gasteiger partial charge >= 0.3 is 0 Å². The zero-order valence-electron chi connectivity index (χ0n) is 10.5. The molecule has 0 fully saturated rings. The molecule has 0 spiro atoms. The highest BCUT2D eigenvalue weighted by atomic mass is 16.6. The third-order valence-corrected chi connectivity index (χ3v) is 3.37. The average Bonchev–Trinajstić information content (AvgIpc) is 3.02. The van der Waals surface area contributed by atoms with Gasteiger partial charge in [-0.05, 0) is 5.56 Å². The summed E-state index contributed by atoms with van der Waals surface area (Å²) in [7, 11) is 1.58. The maximum Gasteiger partial charge on any atom is 0.235 e. The average molecular weight is 263 g/mol. The molecule has 0 bridgehead atoms. The van der Waals surface area contributed by atoms with Gasteiger partial charge in [-0.25, -0.2) is 0 Å². The zero-order chi connectivity index (χ0) is 13.4. The highest BCUT2D eigenvalue weighted by Gasteiger charge is 2.31. The van der Waals surface area contributed by atoms with Crippen LogP contribution in [-0.2, 0) is 12.8 Å². The second-order valence-corrected chi connectivity index (χ2v) is 4.36. The van der Waals surface area contributed by atoms with Crippen molar-refractivity contribution in [2.45, 2.75) is 12.8 Å². The predicted octanol–water partition coefficient (Wildman–Crippen LogP) is 1.81. The minimum Gasteiger partial charge on any atom is -0.490 e. The molecule has 0 radical (unpaired) electrons. The second kappa shape index (κ2) is 4.46. The van der Waals surface area contributed by atoms with Gasteiger partial charge in [-0.3, -0.25) is 10.1 Å². The van der Waals surface area contributed by atoms with Crippen molar-refractivity contribution < 1.29 is 19.1 Å². The molecule has 2 aliphatic heterocycles. The first-order valence-electron chi connectivity index (χ1n) is 6.05. The maximum atomic E-state index is 10.5. The molecule has 3 rings (SSSR count). The lowest BCUT2D eigenvalue weighted by Gasteiger charge is -2.14. The molecule has 0 aliphatic carbocycles. The van der Waals surface area contributed by atoms with Crippen LogP contribution in [0.1, 0.15) is 16.7 Å². The molecule has 1 aromatic carbocycles. The smallest absolute Gasteiger partial charge is 0.235 e. The summed E-state index contributed by atoms with van der Waals surface area (Å²) in [5, 5.41) is 10.5. The highest BCUT2D eigenvalue weighted by molar-refractivity contribution is 5.73. The van der Waals surface area contributed by atoms with E-state index in [4.69, 9.17) is 14.2 Å². The van der Waals surface area contributed by atoms with Crippen LogP contribution in [0.5, 0.6) is 17.2 Å². The van der Waals surface area contributed by atoms with Crippen molar-refractivity contribution in [1.82, 2.24) is 0 Å². The van der Waals surface area contributed by atoms with Gasteiger partial charge in [0, 0.05) is 30.0 Å². The molecule has 0 amide bonds. The minimum absolute atomic E-state index is 0.464. The van der Waals surface area contributed by atoms with E-state index in [-0.39, 0.29) is 0 Å². The summed E-state index contributed by atoms with van der Waals surface area (Å²) in [6.45, 7) is 1.13. The molecule has 1 aromatic rings. The normalized spacial score (nSPS) is 15.8. The van der Waals surface area contributed by atoms with E-state index in [9.17, 15) is 10.1 Å². The number of benzene rings is 1. The van der Waals surface area contributed by atoms with Crippen LogP contribution >= 0.6 is 0 Å². The van der Waals surface area contributed by atoms with Gasteiger partial charge in [0.2, 0.25) is 11.9 Å². The second-order valence-electron chi connectivity index (χ2n) is 4.36. The highest BCUT2D eigenvalue weighted by Crippen LogP contribution is 2.50. The molecule has 2 heterocycles. The number of methoxy groups -OCH3 is 1. The van der Waals surface area contributed by atoms with E-state index in [1.807, 2.05) is 0 Å². The first kappa shape index (κ1) is 11.8. The van der Waals surface area contributed by atoms with Gasteiger partial charge < -0.3 is 14.2 Å². The molecular weight excluding hydrogens is 250 g/mol. The van der Waals surface area contributed by atoms with Gasteiger partial charge in [-0.2, -0.15) is 0 Å². The topological polar surface area (TPSA) is 70.8 Å². The quantitative estimate of drug-likeness (QED) is 0.614. The fourth-order valence-electron chi connectivity index (χ4n) is 2.64. The predicted molar refractivity (Wildman–Crippen MR) is 67.4 cm³/mol. The summed E-state index contributed by atoms with van der Waals surface area (Å²) in [5.41, 5.74) is 2.79. The van der Waals surface area contributed by atoms with Crippen molar-refractivity contribution in [1.29, 1.82) is 0 Å². The molecular formula is C13H13NO5. The molecule has 0 atom stereocenters. The van der Waals surface area contributed by atoms with E-state index in [0.717, 1.165) is 35.7 Å². The first-order valence-corrected chi connectivity index (χ1v) is 6.05. The zero-order valence-corrected chi connectivity index (χ0v) is 10.5. The summed E-state index contributed by atoms with van der Waals surface area (Å²) in [6.07, 6.45) is 3.95. The Morgan fingerprint density at radius 3 is 2.26 bits per heavy atom. The van der Waals surface area contributed by atoms with E-state index in [2.05, 4.69) is 0 Å². The van der Waals surface area contributed by atoms with Gasteiger partial charge in [0.1, 0.15) is 0 Å². The van der Waals surface area contributed by atoms with Crippen LogP contribution in [0.15, 0.2) is 6.20 Å². The van der Waals surface area contributed by atoms with E-state index < -0.39 is 4.92 Å². The number of fused-ring (bicyclic) bond motifs is 2. The van der Waals surface area contributed by atoms with E-state index in [0.29, 0.717) is 30.5 Å². The summed E-state index contributed by atoms with van der Waals surface area (Å²) in [4.78, 5) is 10.1. The number of nitrogens with zero attached hydrogens (tertiary/aromatic N) is 1. The number of hydrogen-bond donors (Lipinski definition) is 0. The van der Waals surface area contributed by atoms with Crippen molar-refractivity contribution >= 4 is 6.08 Å². The van der Waals surface area contributed by atoms with Crippen molar-refractivity contribution in [3.63, 3.8) is 0 Å². The van der Waals surface area contributed by atoms with Crippen molar-refractivity contribution in [3.05, 3.63) is 33.0 Å². The maximum absolute atomic E-state index is 10.5. The van der Waals surface area contributed by atoms with Crippen molar-refractivity contribution in [2.75, 3.05) is 20.3 Å². The Bertz CT molecular complexity index is 544. The summed E-state index contributed by atoms with van der Waals surface area (Å²) >= 11 is 0. The lowest BCUT2D eigenvalue weighted by Crippen LogP contribution is -1.96. The number of nitro groups is 1. The fraction of sp³-hybridized carbons (Fsp3) is 0.385. The van der Waals surface area contributed by atoms with Crippen molar-refractivity contribution in [3.8, 4) is 17.2 Å². The molecule has 6 heteroatoms. The molecule has 0 aromatic heterocycles. The summed E-state index contributed by atoms with van der Waals surface area (Å²) < 4.78 is 16.5.